The molecule has 0 aromatic heterocycles. The molecule has 0 saturated heterocycles. The zero-order chi connectivity index (χ0) is 14.3. The second-order valence-corrected chi connectivity index (χ2v) is 6.32. The van der Waals surface area contributed by atoms with E-state index in [0.29, 0.717) is 4.90 Å². The number of hydrogen-bond donors (Lipinski definition) is 1. The minimum atomic E-state index is -1.09. The van der Waals surface area contributed by atoms with Gasteiger partial charge in [0, 0.05) is 10.9 Å². The molecule has 0 saturated carbocycles. The van der Waals surface area contributed by atoms with Crippen LogP contribution in [-0.4, -0.2) is 22.0 Å². The lowest BCUT2D eigenvalue weighted by atomic mass is 10.1. The summed E-state index contributed by atoms with van der Waals surface area (Å²) >= 11 is 0. The zero-order valence-electron chi connectivity index (χ0n) is 12.0. The molecular formula is C15H24FNOS. The average Bonchev–Trinajstić information content (AvgIpc) is 2.40. The van der Waals surface area contributed by atoms with Gasteiger partial charge in [-0.1, -0.05) is 27.2 Å². The van der Waals surface area contributed by atoms with Gasteiger partial charge in [0.25, 0.3) is 0 Å². The summed E-state index contributed by atoms with van der Waals surface area (Å²) in [5, 5.41) is 3.50. The van der Waals surface area contributed by atoms with E-state index in [0.717, 1.165) is 25.8 Å². The van der Waals surface area contributed by atoms with E-state index in [9.17, 15) is 8.60 Å². The maximum atomic E-state index is 12.9. The van der Waals surface area contributed by atoms with Crippen molar-refractivity contribution in [3.63, 3.8) is 0 Å². The van der Waals surface area contributed by atoms with Gasteiger partial charge in [0.15, 0.2) is 0 Å². The van der Waals surface area contributed by atoms with Crippen LogP contribution >= 0.6 is 0 Å². The lowest BCUT2D eigenvalue weighted by Gasteiger charge is -2.26. The van der Waals surface area contributed by atoms with Crippen molar-refractivity contribution < 1.29 is 8.60 Å². The highest BCUT2D eigenvalue weighted by molar-refractivity contribution is 7.85. The van der Waals surface area contributed by atoms with Gasteiger partial charge in [-0.15, -0.1) is 0 Å². The lowest BCUT2D eigenvalue weighted by Crippen LogP contribution is -2.41. The third kappa shape index (κ3) is 4.69. The van der Waals surface area contributed by atoms with Gasteiger partial charge in [0.2, 0.25) is 0 Å². The van der Waals surface area contributed by atoms with Crippen LogP contribution in [0.1, 0.15) is 40.0 Å². The Hall–Kier alpha value is -0.740. The molecule has 0 radical (unpaired) electrons. The van der Waals surface area contributed by atoms with Crippen LogP contribution in [-0.2, 0) is 10.8 Å². The van der Waals surface area contributed by atoms with Crippen molar-refractivity contribution in [2.24, 2.45) is 0 Å². The highest BCUT2D eigenvalue weighted by atomic mass is 32.2. The Balaban J connectivity index is 2.87. The second kappa shape index (κ2) is 8.43. The van der Waals surface area contributed by atoms with E-state index < -0.39 is 10.8 Å². The standard InChI is InChI=1S/C15H24FNOS/c1-4-7-14(17-6-3)15(5-2)19(18)13-10-8-12(16)9-11-13/h8-11,14-15,17H,4-7H2,1-3H3. The highest BCUT2D eigenvalue weighted by Crippen LogP contribution is 2.19. The lowest BCUT2D eigenvalue weighted by molar-refractivity contribution is 0.458. The first-order valence-electron chi connectivity index (χ1n) is 7.03. The van der Waals surface area contributed by atoms with Crippen molar-refractivity contribution in [3.8, 4) is 0 Å². The van der Waals surface area contributed by atoms with Crippen molar-refractivity contribution in [2.75, 3.05) is 6.54 Å². The van der Waals surface area contributed by atoms with E-state index in [-0.39, 0.29) is 17.1 Å². The Morgan fingerprint density at radius 1 is 1.21 bits per heavy atom. The minimum absolute atomic E-state index is 0.0744. The van der Waals surface area contributed by atoms with Crippen LogP contribution in [0.2, 0.25) is 0 Å². The van der Waals surface area contributed by atoms with Crippen LogP contribution in [0.25, 0.3) is 0 Å². The maximum absolute atomic E-state index is 12.9. The number of nitrogens with one attached hydrogen (secondary N) is 1. The molecule has 0 aliphatic rings. The molecule has 1 aromatic rings. The van der Waals surface area contributed by atoms with Crippen molar-refractivity contribution in [3.05, 3.63) is 30.1 Å². The highest BCUT2D eigenvalue weighted by Gasteiger charge is 2.25. The van der Waals surface area contributed by atoms with Crippen molar-refractivity contribution >= 4 is 10.8 Å². The van der Waals surface area contributed by atoms with Crippen LogP contribution in [0.3, 0.4) is 0 Å². The van der Waals surface area contributed by atoms with E-state index in [4.69, 9.17) is 0 Å². The molecule has 0 aliphatic carbocycles. The molecule has 3 unspecified atom stereocenters. The first-order valence-corrected chi connectivity index (χ1v) is 8.24. The molecule has 1 rings (SSSR count). The van der Waals surface area contributed by atoms with Gasteiger partial charge in [0.1, 0.15) is 5.82 Å². The van der Waals surface area contributed by atoms with Crippen molar-refractivity contribution in [1.29, 1.82) is 0 Å². The normalized spacial score (nSPS) is 16.0. The molecular weight excluding hydrogens is 261 g/mol. The molecule has 0 spiro atoms. The van der Waals surface area contributed by atoms with Crippen LogP contribution in [0.15, 0.2) is 29.2 Å². The number of halogens is 1. The smallest absolute Gasteiger partial charge is 0.123 e. The average molecular weight is 285 g/mol. The molecule has 0 aliphatic heterocycles. The molecule has 0 heterocycles. The molecule has 0 bridgehead atoms. The van der Waals surface area contributed by atoms with Gasteiger partial charge in [-0.05, 0) is 43.7 Å². The van der Waals surface area contributed by atoms with Gasteiger partial charge >= 0.3 is 0 Å². The fourth-order valence-corrected chi connectivity index (χ4v) is 3.91. The zero-order valence-corrected chi connectivity index (χ0v) is 12.8. The van der Waals surface area contributed by atoms with Crippen LogP contribution < -0.4 is 5.32 Å². The maximum Gasteiger partial charge on any atom is 0.123 e. The Morgan fingerprint density at radius 2 is 1.84 bits per heavy atom. The van der Waals surface area contributed by atoms with Gasteiger partial charge in [-0.25, -0.2) is 4.39 Å². The monoisotopic (exact) mass is 285 g/mol. The molecule has 3 atom stereocenters. The van der Waals surface area contributed by atoms with Crippen LogP contribution in [0.4, 0.5) is 4.39 Å². The van der Waals surface area contributed by atoms with Crippen molar-refractivity contribution in [2.45, 2.75) is 56.2 Å². The molecule has 19 heavy (non-hydrogen) atoms. The Morgan fingerprint density at radius 3 is 2.32 bits per heavy atom. The summed E-state index contributed by atoms with van der Waals surface area (Å²) in [5.41, 5.74) is 0. The molecule has 0 fully saturated rings. The van der Waals surface area contributed by atoms with E-state index in [2.05, 4.69) is 26.1 Å². The molecule has 2 nitrogen and oxygen atoms in total. The van der Waals surface area contributed by atoms with E-state index in [1.54, 1.807) is 12.1 Å². The molecule has 0 amide bonds. The Kier molecular flexibility index (Phi) is 7.24. The second-order valence-electron chi connectivity index (χ2n) is 4.65. The fraction of sp³-hybridized carbons (Fsp3) is 0.600. The molecule has 1 aromatic carbocycles. The number of benzene rings is 1. The SMILES string of the molecule is CCCC(NCC)C(CC)S(=O)c1ccc(F)cc1. The molecule has 1 N–H and O–H groups in total. The third-order valence-electron chi connectivity index (χ3n) is 3.24. The summed E-state index contributed by atoms with van der Waals surface area (Å²) in [5.74, 6) is -0.286. The van der Waals surface area contributed by atoms with Gasteiger partial charge in [-0.2, -0.15) is 0 Å². The predicted molar refractivity (Wildman–Crippen MR) is 79.3 cm³/mol. The third-order valence-corrected chi connectivity index (χ3v) is 5.19. The quantitative estimate of drug-likeness (QED) is 0.792. The molecule has 4 heteroatoms. The first kappa shape index (κ1) is 16.3. The fourth-order valence-electron chi connectivity index (χ4n) is 2.32. The molecule has 108 valence electrons. The first-order chi connectivity index (χ1) is 9.13. The van der Waals surface area contributed by atoms with E-state index in [1.165, 1.54) is 12.1 Å². The van der Waals surface area contributed by atoms with Crippen LogP contribution in [0, 0.1) is 5.82 Å². The predicted octanol–water partition coefficient (Wildman–Crippen LogP) is 3.49. The van der Waals surface area contributed by atoms with E-state index in [1.807, 2.05) is 0 Å². The number of hydrogen-bond acceptors (Lipinski definition) is 2. The number of rotatable bonds is 8. The van der Waals surface area contributed by atoms with Crippen LogP contribution in [0.5, 0.6) is 0 Å². The summed E-state index contributed by atoms with van der Waals surface area (Å²) in [6.07, 6.45) is 2.93. The largest absolute Gasteiger partial charge is 0.313 e. The summed E-state index contributed by atoms with van der Waals surface area (Å²) < 4.78 is 25.5. The van der Waals surface area contributed by atoms with Gasteiger partial charge in [-0.3, -0.25) is 4.21 Å². The summed E-state index contributed by atoms with van der Waals surface area (Å²) in [6, 6.07) is 6.27. The van der Waals surface area contributed by atoms with Crippen molar-refractivity contribution in [1.82, 2.24) is 5.32 Å². The summed E-state index contributed by atoms with van der Waals surface area (Å²) in [4.78, 5) is 0.715. The van der Waals surface area contributed by atoms with E-state index >= 15 is 0 Å². The Labute approximate surface area is 118 Å². The van der Waals surface area contributed by atoms with Gasteiger partial charge < -0.3 is 5.32 Å². The summed E-state index contributed by atoms with van der Waals surface area (Å²) in [6.45, 7) is 7.14. The Bertz CT molecular complexity index is 388. The summed E-state index contributed by atoms with van der Waals surface area (Å²) in [7, 11) is -1.09. The topological polar surface area (TPSA) is 29.1 Å². The van der Waals surface area contributed by atoms with Gasteiger partial charge in [0.05, 0.1) is 16.0 Å². The minimum Gasteiger partial charge on any atom is -0.313 e.